The zero-order valence-electron chi connectivity index (χ0n) is 24.3. The molecule has 43 heavy (non-hydrogen) atoms. The van der Waals surface area contributed by atoms with Crippen molar-refractivity contribution in [2.75, 3.05) is 14.2 Å². The lowest BCUT2D eigenvalue weighted by atomic mass is 10.1. The molecule has 2 N–H and O–H groups in total. The van der Waals surface area contributed by atoms with E-state index >= 15 is 0 Å². The minimum absolute atomic E-state index is 0.218. The monoisotopic (exact) mass is 628 g/mol. The van der Waals surface area contributed by atoms with Gasteiger partial charge in [0, 0.05) is 29.3 Å². The van der Waals surface area contributed by atoms with Crippen LogP contribution in [0.2, 0.25) is 10.0 Å². The molecule has 0 aliphatic rings. The van der Waals surface area contributed by atoms with Gasteiger partial charge in [-0.2, -0.15) is 0 Å². The van der Waals surface area contributed by atoms with E-state index in [1.165, 1.54) is 13.2 Å². The number of pyridine rings is 2. The lowest BCUT2D eigenvalue weighted by molar-refractivity contribution is 0.0597. The van der Waals surface area contributed by atoms with Crippen molar-refractivity contribution in [1.29, 1.82) is 0 Å². The standard InChI is InChI=1S/C16H16ClNO3.C15H14ClNO3.CH4O/c1-3-4-14-13(16(19)20-2)9-10-15(18-14)21-12-7-5-11(17)6-8-12;1-2-3-13-12(15(18)19)8-9-14(17-13)20-11-6-4-10(16)5-7-11;1-2/h5-10H,3-4H2,1-2H3;4-9H,2-3H2,1H3,(H,18,19);2H,1H3. The molecule has 9 nitrogen and oxygen atoms in total. The third-order valence-electron chi connectivity index (χ3n) is 5.58. The number of hydrogen-bond donors (Lipinski definition) is 2. The first-order valence-electron chi connectivity index (χ1n) is 13.4. The lowest BCUT2D eigenvalue weighted by Crippen LogP contribution is -2.08. The summed E-state index contributed by atoms with van der Waals surface area (Å²) in [6, 6.07) is 20.3. The van der Waals surface area contributed by atoms with Gasteiger partial charge in [0.2, 0.25) is 11.8 Å². The summed E-state index contributed by atoms with van der Waals surface area (Å²) in [5, 5.41) is 17.4. The average molecular weight is 630 g/mol. The SMILES string of the molecule is CCCc1nc(Oc2ccc(Cl)cc2)ccc1C(=O)O.CCCc1nc(Oc2ccc(Cl)cc2)ccc1C(=O)OC.CO. The van der Waals surface area contributed by atoms with E-state index in [-0.39, 0.29) is 11.5 Å². The molecule has 11 heteroatoms. The van der Waals surface area contributed by atoms with Crippen molar-refractivity contribution in [3.8, 4) is 23.3 Å². The minimum atomic E-state index is -0.973. The summed E-state index contributed by atoms with van der Waals surface area (Å²) in [5.74, 6) is 0.699. The molecular formula is C32H34Cl2N2O7. The van der Waals surface area contributed by atoms with E-state index in [1.54, 1.807) is 66.7 Å². The van der Waals surface area contributed by atoms with E-state index in [9.17, 15) is 9.59 Å². The number of carboxylic acid groups (broad SMARTS) is 1. The Morgan fingerprint density at radius 1 is 0.674 bits per heavy atom. The minimum Gasteiger partial charge on any atom is -0.478 e. The summed E-state index contributed by atoms with van der Waals surface area (Å²) >= 11 is 11.6. The van der Waals surface area contributed by atoms with Crippen molar-refractivity contribution in [2.24, 2.45) is 0 Å². The molecule has 4 rings (SSSR count). The van der Waals surface area contributed by atoms with Crippen molar-refractivity contribution in [3.05, 3.63) is 105 Å². The van der Waals surface area contributed by atoms with E-state index in [0.717, 1.165) is 20.0 Å². The van der Waals surface area contributed by atoms with E-state index in [2.05, 4.69) is 9.97 Å². The Kier molecular flexibility index (Phi) is 15.0. The molecule has 0 radical (unpaired) electrons. The number of halogens is 2. The van der Waals surface area contributed by atoms with Gasteiger partial charge in [-0.15, -0.1) is 0 Å². The number of benzene rings is 2. The Morgan fingerprint density at radius 2 is 1.07 bits per heavy atom. The first-order valence-corrected chi connectivity index (χ1v) is 14.1. The number of carboxylic acids is 1. The van der Waals surface area contributed by atoms with Crippen molar-refractivity contribution in [3.63, 3.8) is 0 Å². The van der Waals surface area contributed by atoms with Crippen LogP contribution < -0.4 is 9.47 Å². The van der Waals surface area contributed by atoms with Gasteiger partial charge in [-0.25, -0.2) is 19.6 Å². The summed E-state index contributed by atoms with van der Waals surface area (Å²) in [6.07, 6.45) is 2.97. The second-order valence-electron chi connectivity index (χ2n) is 8.70. The van der Waals surface area contributed by atoms with Crippen LogP contribution in [-0.2, 0) is 17.6 Å². The summed E-state index contributed by atoms with van der Waals surface area (Å²) < 4.78 is 16.0. The molecule has 0 amide bonds. The first kappa shape index (κ1) is 35.0. The van der Waals surface area contributed by atoms with Crippen LogP contribution in [0, 0.1) is 0 Å². The molecule has 0 unspecified atom stereocenters. The maximum Gasteiger partial charge on any atom is 0.339 e. The number of aromatic carboxylic acids is 1. The third kappa shape index (κ3) is 11.2. The summed E-state index contributed by atoms with van der Waals surface area (Å²) in [4.78, 5) is 31.5. The molecule has 0 atom stereocenters. The number of carbonyl (C=O) groups is 2. The van der Waals surface area contributed by atoms with Gasteiger partial charge < -0.3 is 24.4 Å². The molecule has 2 aromatic carbocycles. The van der Waals surface area contributed by atoms with Gasteiger partial charge in [-0.05, 0) is 73.5 Å². The summed E-state index contributed by atoms with van der Waals surface area (Å²) in [6.45, 7) is 4.00. The number of methoxy groups -OCH3 is 1. The third-order valence-corrected chi connectivity index (χ3v) is 6.08. The molecule has 2 aromatic heterocycles. The maximum absolute atomic E-state index is 11.7. The van der Waals surface area contributed by atoms with Crippen LogP contribution in [0.25, 0.3) is 0 Å². The van der Waals surface area contributed by atoms with Crippen LogP contribution in [0.5, 0.6) is 23.3 Å². The fourth-order valence-electron chi connectivity index (χ4n) is 3.67. The highest BCUT2D eigenvalue weighted by Crippen LogP contribution is 2.25. The number of aliphatic hydroxyl groups excluding tert-OH is 1. The van der Waals surface area contributed by atoms with Gasteiger partial charge in [-0.1, -0.05) is 49.9 Å². The van der Waals surface area contributed by atoms with Gasteiger partial charge in [0.1, 0.15) is 11.5 Å². The predicted octanol–water partition coefficient (Wildman–Crippen LogP) is 8.05. The summed E-state index contributed by atoms with van der Waals surface area (Å²) in [7, 11) is 2.36. The van der Waals surface area contributed by atoms with Crippen molar-refractivity contribution >= 4 is 35.1 Å². The number of ether oxygens (including phenoxy) is 3. The lowest BCUT2D eigenvalue weighted by Gasteiger charge is -2.10. The normalized spacial score (nSPS) is 9.93. The van der Waals surface area contributed by atoms with Crippen LogP contribution in [-0.4, -0.2) is 46.3 Å². The highest BCUT2D eigenvalue weighted by atomic mass is 35.5. The van der Waals surface area contributed by atoms with E-state index in [1.807, 2.05) is 13.8 Å². The molecular weight excluding hydrogens is 595 g/mol. The quantitative estimate of drug-likeness (QED) is 0.167. The number of aryl methyl sites for hydroxylation is 2. The molecule has 0 bridgehead atoms. The Labute approximate surface area is 261 Å². The van der Waals surface area contributed by atoms with Gasteiger partial charge in [0.25, 0.3) is 0 Å². The highest BCUT2D eigenvalue weighted by Gasteiger charge is 2.15. The smallest absolute Gasteiger partial charge is 0.339 e. The second-order valence-corrected chi connectivity index (χ2v) is 9.57. The van der Waals surface area contributed by atoms with Crippen molar-refractivity contribution in [2.45, 2.75) is 39.5 Å². The van der Waals surface area contributed by atoms with E-state index < -0.39 is 5.97 Å². The van der Waals surface area contributed by atoms with Crippen LogP contribution >= 0.6 is 23.2 Å². The maximum atomic E-state index is 11.7. The number of rotatable bonds is 10. The van der Waals surface area contributed by atoms with Gasteiger partial charge in [0.15, 0.2) is 0 Å². The number of hydrogen-bond acceptors (Lipinski definition) is 8. The van der Waals surface area contributed by atoms with Crippen molar-refractivity contribution < 1.29 is 34.0 Å². The number of aliphatic hydroxyl groups is 1. The van der Waals surface area contributed by atoms with E-state index in [4.69, 9.17) is 47.6 Å². The predicted molar refractivity (Wildman–Crippen MR) is 166 cm³/mol. The van der Waals surface area contributed by atoms with Crippen molar-refractivity contribution in [1.82, 2.24) is 9.97 Å². The molecule has 0 saturated carbocycles. The Hall–Kier alpha value is -4.18. The second kappa shape index (κ2) is 18.4. The van der Waals surface area contributed by atoms with Gasteiger partial charge >= 0.3 is 11.9 Å². The molecule has 0 fully saturated rings. The molecule has 0 saturated heterocycles. The Morgan fingerprint density at radius 3 is 1.44 bits per heavy atom. The summed E-state index contributed by atoms with van der Waals surface area (Å²) in [5.41, 5.74) is 1.90. The van der Waals surface area contributed by atoms with Crippen LogP contribution in [0.3, 0.4) is 0 Å². The first-order chi connectivity index (χ1) is 20.7. The van der Waals surface area contributed by atoms with Gasteiger partial charge in [-0.3, -0.25) is 0 Å². The van der Waals surface area contributed by atoms with Crippen LogP contribution in [0.1, 0.15) is 58.8 Å². The Bertz CT molecular complexity index is 1460. The Balaban J connectivity index is 0.000000284. The number of esters is 1. The molecule has 0 aliphatic carbocycles. The van der Waals surface area contributed by atoms with Gasteiger partial charge in [0.05, 0.1) is 29.6 Å². The zero-order valence-corrected chi connectivity index (χ0v) is 25.9. The molecule has 2 heterocycles. The topological polar surface area (TPSA) is 128 Å². The van der Waals surface area contributed by atoms with Crippen LogP contribution in [0.4, 0.5) is 0 Å². The molecule has 228 valence electrons. The number of aromatic nitrogens is 2. The molecule has 4 aromatic rings. The highest BCUT2D eigenvalue weighted by molar-refractivity contribution is 6.30. The molecule has 0 spiro atoms. The fourth-order valence-corrected chi connectivity index (χ4v) is 3.92. The van der Waals surface area contributed by atoms with Crippen LogP contribution in [0.15, 0.2) is 72.8 Å². The average Bonchev–Trinajstić information content (AvgIpc) is 3.01. The fraction of sp³-hybridized carbons (Fsp3) is 0.250. The van der Waals surface area contributed by atoms with E-state index in [0.29, 0.717) is 63.1 Å². The zero-order chi connectivity index (χ0) is 31.8. The largest absolute Gasteiger partial charge is 0.478 e. The number of nitrogens with zero attached hydrogens (tertiary/aromatic N) is 2. The number of carbonyl (C=O) groups excluding carboxylic acids is 1. The molecule has 0 aliphatic heterocycles.